The first kappa shape index (κ1) is 20.9. The summed E-state index contributed by atoms with van der Waals surface area (Å²) in [6.45, 7) is 7.33. The Morgan fingerprint density at radius 1 is 1.16 bits per heavy atom. The highest BCUT2D eigenvalue weighted by Gasteiger charge is 2.24. The van der Waals surface area contributed by atoms with Crippen LogP contribution in [0.3, 0.4) is 0 Å². The van der Waals surface area contributed by atoms with E-state index in [4.69, 9.17) is 9.40 Å². The van der Waals surface area contributed by atoms with Gasteiger partial charge in [-0.25, -0.2) is 4.98 Å². The maximum absolute atomic E-state index is 12.6. The summed E-state index contributed by atoms with van der Waals surface area (Å²) in [5.74, 6) is 1.16. The van der Waals surface area contributed by atoms with Crippen molar-refractivity contribution in [2.75, 3.05) is 13.1 Å². The molecule has 1 aliphatic heterocycles. The van der Waals surface area contributed by atoms with E-state index in [0.717, 1.165) is 41.8 Å². The van der Waals surface area contributed by atoms with E-state index >= 15 is 0 Å². The number of nitrogens with zero attached hydrogens (tertiary/aromatic N) is 5. The van der Waals surface area contributed by atoms with Crippen LogP contribution in [0.4, 0.5) is 0 Å². The number of amides is 1. The second-order valence-electron chi connectivity index (χ2n) is 7.74. The molecule has 0 saturated carbocycles. The maximum Gasteiger partial charge on any atom is 0.268 e. The van der Waals surface area contributed by atoms with Crippen LogP contribution in [-0.2, 0) is 4.79 Å². The number of rotatable bonds is 6. The summed E-state index contributed by atoms with van der Waals surface area (Å²) < 4.78 is 5.88. The first-order valence-corrected chi connectivity index (χ1v) is 10.8. The van der Waals surface area contributed by atoms with Crippen LogP contribution in [0.5, 0.6) is 0 Å². The third-order valence-corrected chi connectivity index (χ3v) is 5.79. The molecule has 3 aromatic rings. The van der Waals surface area contributed by atoms with Crippen molar-refractivity contribution in [3.63, 3.8) is 0 Å². The molecule has 0 spiro atoms. The van der Waals surface area contributed by atoms with Crippen molar-refractivity contribution in [3.05, 3.63) is 54.0 Å². The second-order valence-corrected chi connectivity index (χ2v) is 7.74. The molecule has 0 bridgehead atoms. The van der Waals surface area contributed by atoms with E-state index in [0.29, 0.717) is 30.6 Å². The van der Waals surface area contributed by atoms with E-state index < -0.39 is 0 Å². The molecular weight excluding hydrogens is 390 g/mol. The van der Waals surface area contributed by atoms with Crippen LogP contribution in [0.2, 0.25) is 0 Å². The number of benzene rings is 1. The van der Waals surface area contributed by atoms with Crippen LogP contribution < -0.4 is 0 Å². The van der Waals surface area contributed by atoms with Crippen LogP contribution >= 0.6 is 0 Å². The van der Waals surface area contributed by atoms with Gasteiger partial charge in [-0.05, 0) is 43.9 Å². The molecule has 0 fully saturated rings. The Hall–Kier alpha value is -3.35. The smallest absolute Gasteiger partial charge is 0.268 e. The minimum Gasteiger partial charge on any atom is -0.415 e. The normalized spacial score (nSPS) is 14.1. The van der Waals surface area contributed by atoms with Gasteiger partial charge in [0, 0.05) is 26.0 Å². The third-order valence-electron chi connectivity index (χ3n) is 5.79. The highest BCUT2D eigenvalue weighted by molar-refractivity contribution is 5.80. The Bertz CT molecular complexity index is 1090. The van der Waals surface area contributed by atoms with E-state index in [1.165, 1.54) is 0 Å². The Balaban J connectivity index is 0.00000289. The molecule has 0 atom stereocenters. The zero-order valence-corrected chi connectivity index (χ0v) is 18.2. The molecular formula is C24H29N5O2. The van der Waals surface area contributed by atoms with Gasteiger partial charge < -0.3 is 9.32 Å². The topological polar surface area (TPSA) is 85.0 Å². The summed E-state index contributed by atoms with van der Waals surface area (Å²) in [5.41, 5.74) is 4.05. The predicted molar refractivity (Wildman–Crippen MR) is 121 cm³/mol. The molecule has 3 heterocycles. The standard InChI is InChI=1S/C24H27N5O2.H2/c1-4-17(5-2)24(30)29-13-11-18(12-14-29)20-15-25-16(3)21(26-20)23-28-27-22(31-23)19-9-7-6-8-10-19;/h6-11,15,17H,4-5,12-14H2,1-3H3;1H. The van der Waals surface area contributed by atoms with Gasteiger partial charge in [0.25, 0.3) is 5.89 Å². The molecule has 0 radical (unpaired) electrons. The van der Waals surface area contributed by atoms with Crippen molar-refractivity contribution in [3.8, 4) is 23.0 Å². The van der Waals surface area contributed by atoms with Gasteiger partial charge in [-0.2, -0.15) is 0 Å². The van der Waals surface area contributed by atoms with Gasteiger partial charge in [0.15, 0.2) is 0 Å². The molecule has 4 rings (SSSR count). The lowest BCUT2D eigenvalue weighted by Gasteiger charge is -2.29. The largest absolute Gasteiger partial charge is 0.415 e. The molecule has 1 aliphatic rings. The Morgan fingerprint density at radius 3 is 2.58 bits per heavy atom. The van der Waals surface area contributed by atoms with E-state index in [2.05, 4.69) is 35.1 Å². The highest BCUT2D eigenvalue weighted by atomic mass is 16.4. The zero-order valence-electron chi connectivity index (χ0n) is 18.2. The predicted octanol–water partition coefficient (Wildman–Crippen LogP) is 4.80. The molecule has 0 unspecified atom stereocenters. The molecule has 7 heteroatoms. The summed E-state index contributed by atoms with van der Waals surface area (Å²) >= 11 is 0. The van der Waals surface area contributed by atoms with Crippen LogP contribution in [0.15, 0.2) is 47.0 Å². The van der Waals surface area contributed by atoms with Gasteiger partial charge in [0.1, 0.15) is 5.69 Å². The summed E-state index contributed by atoms with van der Waals surface area (Å²) in [4.78, 5) is 23.9. The van der Waals surface area contributed by atoms with Crippen molar-refractivity contribution in [1.29, 1.82) is 0 Å². The van der Waals surface area contributed by atoms with Crippen molar-refractivity contribution in [2.45, 2.75) is 40.0 Å². The van der Waals surface area contributed by atoms with Gasteiger partial charge in [-0.3, -0.25) is 9.78 Å². The highest BCUT2D eigenvalue weighted by Crippen LogP contribution is 2.27. The van der Waals surface area contributed by atoms with E-state index in [9.17, 15) is 4.79 Å². The number of carbonyl (C=O) groups excluding carboxylic acids is 1. The molecule has 162 valence electrons. The maximum atomic E-state index is 12.6. The second kappa shape index (κ2) is 9.20. The van der Waals surface area contributed by atoms with Gasteiger partial charge >= 0.3 is 0 Å². The number of hydrogen-bond acceptors (Lipinski definition) is 6. The summed E-state index contributed by atoms with van der Waals surface area (Å²) in [6.07, 6.45) is 6.37. The Labute approximate surface area is 183 Å². The zero-order chi connectivity index (χ0) is 21.8. The fraction of sp³-hybridized carbons (Fsp3) is 0.375. The lowest BCUT2D eigenvalue weighted by Crippen LogP contribution is -2.38. The van der Waals surface area contributed by atoms with Gasteiger partial charge in [0.05, 0.1) is 17.6 Å². The average Bonchev–Trinajstić information content (AvgIpc) is 3.31. The Kier molecular flexibility index (Phi) is 6.21. The third kappa shape index (κ3) is 4.40. The van der Waals surface area contributed by atoms with E-state index in [1.54, 1.807) is 6.20 Å². The van der Waals surface area contributed by atoms with Crippen LogP contribution in [0.25, 0.3) is 28.6 Å². The molecule has 0 aliphatic carbocycles. The first-order chi connectivity index (χ1) is 15.1. The molecule has 7 nitrogen and oxygen atoms in total. The molecule has 1 amide bonds. The monoisotopic (exact) mass is 419 g/mol. The summed E-state index contributed by atoms with van der Waals surface area (Å²) in [6, 6.07) is 9.65. The summed E-state index contributed by atoms with van der Waals surface area (Å²) in [5, 5.41) is 8.36. The number of carbonyl (C=O) groups is 1. The molecule has 31 heavy (non-hydrogen) atoms. The van der Waals surface area contributed by atoms with E-state index in [1.807, 2.05) is 42.2 Å². The van der Waals surface area contributed by atoms with Crippen LogP contribution in [0, 0.1) is 12.8 Å². The lowest BCUT2D eigenvalue weighted by atomic mass is 9.99. The number of aromatic nitrogens is 4. The molecule has 0 saturated heterocycles. The van der Waals surface area contributed by atoms with Crippen LogP contribution in [-0.4, -0.2) is 44.1 Å². The lowest BCUT2D eigenvalue weighted by molar-refractivity contribution is -0.135. The van der Waals surface area contributed by atoms with E-state index in [-0.39, 0.29) is 13.3 Å². The van der Waals surface area contributed by atoms with Crippen molar-refractivity contribution in [1.82, 2.24) is 25.1 Å². The van der Waals surface area contributed by atoms with Gasteiger partial charge in [0.2, 0.25) is 11.8 Å². The minimum absolute atomic E-state index is 0. The quantitative estimate of drug-likeness (QED) is 0.570. The average molecular weight is 420 g/mol. The molecule has 2 aromatic heterocycles. The molecule has 1 aromatic carbocycles. The van der Waals surface area contributed by atoms with Crippen molar-refractivity contribution in [2.24, 2.45) is 5.92 Å². The SMILES string of the molecule is CCC(CC)C(=O)N1CC=C(c2cnc(C)c(-c3nnc(-c4ccccc4)o3)n2)CC1.[HH]. The first-order valence-electron chi connectivity index (χ1n) is 10.8. The number of aryl methyl sites for hydroxylation is 1. The Morgan fingerprint density at radius 2 is 1.90 bits per heavy atom. The van der Waals surface area contributed by atoms with Gasteiger partial charge in [-0.15, -0.1) is 10.2 Å². The summed E-state index contributed by atoms with van der Waals surface area (Å²) in [7, 11) is 0. The minimum atomic E-state index is 0. The molecule has 0 N–H and O–H groups in total. The fourth-order valence-corrected chi connectivity index (χ4v) is 3.82. The van der Waals surface area contributed by atoms with Gasteiger partial charge in [-0.1, -0.05) is 38.1 Å². The fourth-order valence-electron chi connectivity index (χ4n) is 3.82. The van der Waals surface area contributed by atoms with Crippen molar-refractivity contribution >= 4 is 11.5 Å². The number of hydrogen-bond donors (Lipinski definition) is 0. The van der Waals surface area contributed by atoms with Crippen LogP contribution in [0.1, 0.15) is 45.9 Å². The van der Waals surface area contributed by atoms with Crippen molar-refractivity contribution < 1.29 is 10.6 Å².